The number of benzene rings is 1. The third kappa shape index (κ3) is 7.72. The van der Waals surface area contributed by atoms with Gasteiger partial charge in [-0.25, -0.2) is 19.1 Å². The molecule has 1 fully saturated rings. The molecule has 4 rings (SSSR count). The van der Waals surface area contributed by atoms with E-state index in [0.29, 0.717) is 36.0 Å². The molecule has 1 amide bonds. The van der Waals surface area contributed by atoms with Gasteiger partial charge in [-0.3, -0.25) is 4.79 Å². The van der Waals surface area contributed by atoms with E-state index < -0.39 is 26.8 Å². The summed E-state index contributed by atoms with van der Waals surface area (Å²) in [6, 6.07) is 11.3. The van der Waals surface area contributed by atoms with Crippen molar-refractivity contribution in [3.63, 3.8) is 0 Å². The third-order valence-corrected chi connectivity index (χ3v) is 8.26. The van der Waals surface area contributed by atoms with Gasteiger partial charge in [0.25, 0.3) is 15.9 Å². The van der Waals surface area contributed by atoms with Crippen molar-refractivity contribution in [3.05, 3.63) is 59.9 Å². The van der Waals surface area contributed by atoms with E-state index in [1.165, 1.54) is 42.5 Å². The number of carbonyl (C=O) groups is 1. The summed E-state index contributed by atoms with van der Waals surface area (Å²) in [5.74, 6) is -0.0333. The third-order valence-electron chi connectivity index (χ3n) is 7.03. The number of anilines is 1. The summed E-state index contributed by atoms with van der Waals surface area (Å²) in [4.78, 5) is 21.8. The minimum absolute atomic E-state index is 0.00113. The van der Waals surface area contributed by atoms with Gasteiger partial charge in [0.05, 0.1) is 12.3 Å². The first-order valence-corrected chi connectivity index (χ1v) is 15.3. The van der Waals surface area contributed by atoms with Gasteiger partial charge in [-0.15, -0.1) is 0 Å². The predicted molar refractivity (Wildman–Crippen MR) is 154 cm³/mol. The first-order chi connectivity index (χ1) is 19.4. The molecule has 3 atom stereocenters. The van der Waals surface area contributed by atoms with Crippen LogP contribution in [-0.2, 0) is 10.0 Å². The van der Waals surface area contributed by atoms with Gasteiger partial charge in [-0.1, -0.05) is 40.2 Å². The first kappa shape index (κ1) is 30.2. The number of hydrogen-bond acceptors (Lipinski definition) is 8. The van der Waals surface area contributed by atoms with Gasteiger partial charge >= 0.3 is 0 Å². The Kier molecular flexibility index (Phi) is 9.47. The highest BCUT2D eigenvalue weighted by Crippen LogP contribution is 2.36. The highest BCUT2D eigenvalue weighted by atomic mass is 32.2. The lowest BCUT2D eigenvalue weighted by Crippen LogP contribution is -2.33. The van der Waals surface area contributed by atoms with Crippen LogP contribution in [0.25, 0.3) is 11.3 Å². The van der Waals surface area contributed by atoms with E-state index >= 15 is 0 Å². The number of rotatable bonds is 11. The van der Waals surface area contributed by atoms with Crippen molar-refractivity contribution in [1.82, 2.24) is 14.7 Å². The molecule has 0 aliphatic heterocycles. The zero-order valence-electron chi connectivity index (χ0n) is 23.8. The lowest BCUT2D eigenvalue weighted by atomic mass is 9.97. The molecule has 2 unspecified atom stereocenters. The molecule has 0 bridgehead atoms. The van der Waals surface area contributed by atoms with Crippen LogP contribution >= 0.6 is 0 Å². The molecule has 220 valence electrons. The molecule has 1 aromatic carbocycles. The Morgan fingerprint density at radius 1 is 1.15 bits per heavy atom. The van der Waals surface area contributed by atoms with Crippen molar-refractivity contribution >= 4 is 21.7 Å². The summed E-state index contributed by atoms with van der Waals surface area (Å²) < 4.78 is 54.5. The van der Waals surface area contributed by atoms with Crippen LogP contribution in [0.1, 0.15) is 63.7 Å². The van der Waals surface area contributed by atoms with Crippen LogP contribution in [0.4, 0.5) is 10.2 Å². The Morgan fingerprint density at radius 3 is 2.59 bits per heavy atom. The molecule has 1 saturated carbocycles. The summed E-state index contributed by atoms with van der Waals surface area (Å²) in [7, 11) is -4.33. The first-order valence-electron chi connectivity index (χ1n) is 13.9. The monoisotopic (exact) mass is 584 g/mol. The number of hydrogen-bond donors (Lipinski definition) is 2. The van der Waals surface area contributed by atoms with Crippen LogP contribution in [0.5, 0.6) is 11.6 Å². The smallest absolute Gasteiger partial charge is 0.281 e. The highest BCUT2D eigenvalue weighted by molar-refractivity contribution is 7.90. The number of halogens is 1. The number of nitrogens with one attached hydrogen (secondary N) is 1. The van der Waals surface area contributed by atoms with Crippen LogP contribution < -0.4 is 19.9 Å². The number of amides is 1. The molecule has 9 nitrogen and oxygen atoms in total. The fraction of sp³-hybridized carbons (Fsp3) is 0.433. The van der Waals surface area contributed by atoms with E-state index in [9.17, 15) is 17.6 Å². The fourth-order valence-corrected chi connectivity index (χ4v) is 5.92. The summed E-state index contributed by atoms with van der Waals surface area (Å²) >= 11 is 0. The van der Waals surface area contributed by atoms with Gasteiger partial charge in [0.15, 0.2) is 5.03 Å². The normalized spacial score (nSPS) is 17.8. The van der Waals surface area contributed by atoms with Crippen molar-refractivity contribution in [2.75, 3.05) is 12.3 Å². The van der Waals surface area contributed by atoms with E-state index in [1.54, 1.807) is 6.07 Å². The Balaban J connectivity index is 1.71. The molecule has 3 N–H and O–H groups in total. The van der Waals surface area contributed by atoms with Crippen LogP contribution in [0.3, 0.4) is 0 Å². The predicted octanol–water partition coefficient (Wildman–Crippen LogP) is 5.61. The van der Waals surface area contributed by atoms with Gasteiger partial charge < -0.3 is 15.2 Å². The Bertz CT molecular complexity index is 1500. The number of sulfonamides is 1. The van der Waals surface area contributed by atoms with Crippen LogP contribution in [0.15, 0.2) is 53.6 Å². The van der Waals surface area contributed by atoms with Crippen molar-refractivity contribution in [3.8, 4) is 22.9 Å². The molecular weight excluding hydrogens is 547 g/mol. The molecule has 2 heterocycles. The number of carbonyl (C=O) groups excluding carboxylic acids is 1. The average Bonchev–Trinajstić information content (AvgIpc) is 3.35. The number of pyridine rings is 2. The standard InChI is InChI=1S/C30H37FN4O5S/c1-5-26(20-10-9-19(4)13-20)40-30-24(29(36)35-41(37,38)28-8-6-7-27(32)34-28)11-12-25(33-30)21-14-22(31)16-23(15-21)39-17-18(2)3/h6-8,11-12,14-16,18-20,26H,5,9-10,13,17H2,1-4H3,(H2,32,34)(H,35,36)/t19-,20?,26?/m0/s1. The second-order valence-electron chi connectivity index (χ2n) is 11.0. The Hall–Kier alpha value is -3.73. The average molecular weight is 585 g/mol. The second-order valence-corrected chi connectivity index (χ2v) is 12.6. The topological polar surface area (TPSA) is 134 Å². The minimum atomic E-state index is -4.33. The number of nitrogens with zero attached hydrogens (tertiary/aromatic N) is 2. The lowest BCUT2D eigenvalue weighted by molar-refractivity contribution is 0.0954. The SMILES string of the molecule is CCC(Oc1nc(-c2cc(F)cc(OCC(C)C)c2)ccc1C(=O)NS(=O)(=O)c1cccc(N)n1)C1CC[C@H](C)C1. The zero-order chi connectivity index (χ0) is 29.7. The fourth-order valence-electron chi connectivity index (χ4n) is 4.98. The molecule has 11 heteroatoms. The Morgan fingerprint density at radius 2 is 1.93 bits per heavy atom. The largest absolute Gasteiger partial charge is 0.493 e. The number of aromatic nitrogens is 2. The van der Waals surface area contributed by atoms with Gasteiger partial charge in [0.1, 0.15) is 29.1 Å². The molecule has 41 heavy (non-hydrogen) atoms. The van der Waals surface area contributed by atoms with E-state index in [0.717, 1.165) is 19.3 Å². The quantitative estimate of drug-likeness (QED) is 0.297. The molecular formula is C30H37FN4O5S. The summed E-state index contributed by atoms with van der Waals surface area (Å²) in [6.45, 7) is 8.60. The molecule has 0 spiro atoms. The molecule has 1 aliphatic carbocycles. The number of nitrogen functional groups attached to an aromatic ring is 1. The maximum Gasteiger partial charge on any atom is 0.281 e. The van der Waals surface area contributed by atoms with E-state index in [2.05, 4.69) is 16.9 Å². The second kappa shape index (κ2) is 12.8. The van der Waals surface area contributed by atoms with Crippen molar-refractivity contribution in [2.24, 2.45) is 17.8 Å². The van der Waals surface area contributed by atoms with Crippen molar-refractivity contribution in [2.45, 2.75) is 64.5 Å². The maximum absolute atomic E-state index is 14.5. The van der Waals surface area contributed by atoms with Gasteiger partial charge in [0.2, 0.25) is 5.88 Å². The Labute approximate surface area is 240 Å². The molecule has 3 aromatic rings. The zero-order valence-corrected chi connectivity index (χ0v) is 24.6. The van der Waals surface area contributed by atoms with E-state index in [-0.39, 0.29) is 35.2 Å². The molecule has 0 radical (unpaired) electrons. The van der Waals surface area contributed by atoms with E-state index in [1.807, 2.05) is 25.5 Å². The maximum atomic E-state index is 14.5. The summed E-state index contributed by atoms with van der Waals surface area (Å²) in [5.41, 5.74) is 6.34. The number of ether oxygens (including phenoxy) is 2. The van der Waals surface area contributed by atoms with Gasteiger partial charge in [0, 0.05) is 11.6 Å². The van der Waals surface area contributed by atoms with Crippen molar-refractivity contribution in [1.29, 1.82) is 0 Å². The van der Waals surface area contributed by atoms with Gasteiger partial charge in [-0.2, -0.15) is 8.42 Å². The highest BCUT2D eigenvalue weighted by Gasteiger charge is 2.31. The number of nitrogens with two attached hydrogens (primary N) is 1. The summed E-state index contributed by atoms with van der Waals surface area (Å²) in [6.07, 6.45) is 3.48. The van der Waals surface area contributed by atoms with Crippen LogP contribution in [0, 0.1) is 23.6 Å². The molecule has 2 aromatic heterocycles. The van der Waals surface area contributed by atoms with Crippen LogP contribution in [-0.4, -0.2) is 37.0 Å². The van der Waals surface area contributed by atoms with Gasteiger partial charge in [-0.05, 0) is 73.4 Å². The molecule has 0 saturated heterocycles. The minimum Gasteiger partial charge on any atom is -0.493 e. The van der Waals surface area contributed by atoms with Crippen molar-refractivity contribution < 1.29 is 27.1 Å². The van der Waals surface area contributed by atoms with Crippen LogP contribution in [0.2, 0.25) is 0 Å². The van der Waals surface area contributed by atoms with E-state index in [4.69, 9.17) is 15.2 Å². The lowest BCUT2D eigenvalue weighted by Gasteiger charge is -2.24. The summed E-state index contributed by atoms with van der Waals surface area (Å²) in [5, 5.41) is -0.391. The molecule has 1 aliphatic rings.